The fraction of sp³-hybridized carbons (Fsp3) is 0.647. The highest BCUT2D eigenvalue weighted by Gasteiger charge is 2.46. The summed E-state index contributed by atoms with van der Waals surface area (Å²) in [6.07, 6.45) is 4.47. The lowest BCUT2D eigenvalue weighted by Gasteiger charge is -2.36. The number of nitrogens with two attached hydrogens (primary N) is 1. The number of benzene rings is 1. The molecule has 5 atom stereocenters. The van der Waals surface area contributed by atoms with Gasteiger partial charge >= 0.3 is 6.03 Å². The van der Waals surface area contributed by atoms with Crippen LogP contribution < -0.4 is 21.7 Å². The molecule has 1 saturated heterocycles. The molecular formula is C34H51N5O6S. The molecule has 5 amide bonds. The molecule has 0 radical (unpaired) electrons. The average molecular weight is 658 g/mol. The molecule has 3 rings (SSSR count). The van der Waals surface area contributed by atoms with Crippen LogP contribution in [-0.2, 0) is 19.2 Å². The first kappa shape index (κ1) is 37.1. The topological polar surface area (TPSA) is 168 Å². The SMILES string of the molecule is CSc1ccc(C(=O)[C@@H](NC(=O)N[C@H](C(=O)N2C[C@H](C(C)C)C[C@H]2C(=O)NC(CC2CC2)C(=O)C(N)=O)C(C)(C)C)C(C)C)cc1. The van der Waals surface area contributed by atoms with Crippen LogP contribution in [0.25, 0.3) is 0 Å². The van der Waals surface area contributed by atoms with Crippen molar-refractivity contribution in [2.24, 2.45) is 34.8 Å². The van der Waals surface area contributed by atoms with Crippen LogP contribution in [-0.4, -0.2) is 77.2 Å². The van der Waals surface area contributed by atoms with Gasteiger partial charge < -0.3 is 26.6 Å². The largest absolute Gasteiger partial charge is 0.363 e. The molecule has 1 heterocycles. The van der Waals surface area contributed by atoms with Gasteiger partial charge in [0.2, 0.25) is 17.6 Å². The van der Waals surface area contributed by atoms with Crippen molar-refractivity contribution in [3.63, 3.8) is 0 Å². The van der Waals surface area contributed by atoms with Crippen molar-refractivity contribution >= 4 is 47.1 Å². The van der Waals surface area contributed by atoms with Crippen LogP contribution in [0.1, 0.15) is 84.5 Å². The predicted molar refractivity (Wildman–Crippen MR) is 178 cm³/mol. The molecule has 1 saturated carbocycles. The highest BCUT2D eigenvalue weighted by Crippen LogP contribution is 2.35. The van der Waals surface area contributed by atoms with Crippen LogP contribution in [0.15, 0.2) is 29.2 Å². The monoisotopic (exact) mass is 657 g/mol. The van der Waals surface area contributed by atoms with Crippen molar-refractivity contribution in [1.82, 2.24) is 20.9 Å². The number of carbonyl (C=O) groups excluding carboxylic acids is 6. The van der Waals surface area contributed by atoms with Gasteiger partial charge in [-0.25, -0.2) is 4.79 Å². The van der Waals surface area contributed by atoms with E-state index in [1.807, 2.05) is 66.9 Å². The maximum atomic E-state index is 14.3. The second-order valence-electron chi connectivity index (χ2n) is 14.4. The molecule has 1 aliphatic heterocycles. The van der Waals surface area contributed by atoms with Crippen LogP contribution >= 0.6 is 11.8 Å². The van der Waals surface area contributed by atoms with E-state index < -0.39 is 59.1 Å². The molecule has 1 unspecified atom stereocenters. The van der Waals surface area contributed by atoms with Gasteiger partial charge in [-0.1, -0.05) is 73.4 Å². The minimum absolute atomic E-state index is 0.00306. The van der Waals surface area contributed by atoms with Crippen LogP contribution in [0, 0.1) is 29.1 Å². The summed E-state index contributed by atoms with van der Waals surface area (Å²) in [4.78, 5) is 81.6. The molecule has 46 heavy (non-hydrogen) atoms. The molecule has 0 aromatic heterocycles. The van der Waals surface area contributed by atoms with Crippen LogP contribution in [0.4, 0.5) is 4.79 Å². The van der Waals surface area contributed by atoms with E-state index in [2.05, 4.69) is 16.0 Å². The Morgan fingerprint density at radius 2 is 1.57 bits per heavy atom. The number of urea groups is 1. The Morgan fingerprint density at radius 3 is 2.04 bits per heavy atom. The Kier molecular flexibility index (Phi) is 12.4. The van der Waals surface area contributed by atoms with Gasteiger partial charge in [0.15, 0.2) is 5.78 Å². The summed E-state index contributed by atoms with van der Waals surface area (Å²) < 4.78 is 0. The van der Waals surface area contributed by atoms with Crippen molar-refractivity contribution < 1.29 is 28.8 Å². The van der Waals surface area contributed by atoms with Crippen molar-refractivity contribution in [2.75, 3.05) is 12.8 Å². The summed E-state index contributed by atoms with van der Waals surface area (Å²) in [7, 11) is 0. The van der Waals surface area contributed by atoms with Gasteiger partial charge in [0, 0.05) is 17.0 Å². The highest BCUT2D eigenvalue weighted by atomic mass is 32.2. The van der Waals surface area contributed by atoms with E-state index in [1.54, 1.807) is 23.9 Å². The van der Waals surface area contributed by atoms with Crippen molar-refractivity contribution in [1.29, 1.82) is 0 Å². The molecule has 1 aromatic rings. The molecule has 254 valence electrons. The molecule has 12 heteroatoms. The minimum Gasteiger partial charge on any atom is -0.363 e. The number of nitrogens with one attached hydrogen (secondary N) is 3. The Bertz CT molecular complexity index is 1300. The van der Waals surface area contributed by atoms with Gasteiger partial charge in [-0.15, -0.1) is 11.8 Å². The zero-order chi connectivity index (χ0) is 34.5. The maximum Gasteiger partial charge on any atom is 0.316 e. The summed E-state index contributed by atoms with van der Waals surface area (Å²) in [5.74, 6) is -2.98. The standard InChI is InChI=1S/C34H51N5O6S/c1-18(2)22-16-25(31(43)36-24(15-20-9-10-20)28(41)30(35)42)39(17-22)32(44)29(34(5,6)7)38-33(45)37-26(19(3)4)27(40)21-11-13-23(46-8)14-12-21/h11-14,18-20,22,24-26,29H,9-10,15-17H2,1-8H3,(H2,35,42)(H,36,43)(H2,37,38,45)/t22-,24?,25+,26+,29-/m1/s1. The quantitative estimate of drug-likeness (QED) is 0.135. The lowest BCUT2D eigenvalue weighted by molar-refractivity contribution is -0.143. The molecule has 2 aliphatic rings. The van der Waals surface area contributed by atoms with E-state index in [0.29, 0.717) is 24.9 Å². The third-order valence-electron chi connectivity index (χ3n) is 9.00. The number of Topliss-reactive ketones (excluding diaryl/α,β-unsaturated/α-hetero) is 2. The Balaban J connectivity index is 1.81. The number of likely N-dealkylation sites (tertiary alicyclic amines) is 1. The number of primary amides is 1. The molecular weight excluding hydrogens is 606 g/mol. The van der Waals surface area contributed by atoms with E-state index in [1.165, 1.54) is 4.90 Å². The van der Waals surface area contributed by atoms with E-state index in [0.717, 1.165) is 17.7 Å². The number of rotatable bonds is 14. The zero-order valence-electron chi connectivity index (χ0n) is 28.3. The first-order valence-corrected chi connectivity index (χ1v) is 17.4. The fourth-order valence-electron chi connectivity index (χ4n) is 5.80. The predicted octanol–water partition coefficient (Wildman–Crippen LogP) is 3.54. The normalized spacial score (nSPS) is 20.2. The summed E-state index contributed by atoms with van der Waals surface area (Å²) in [6, 6.07) is 2.70. The third-order valence-corrected chi connectivity index (χ3v) is 9.75. The summed E-state index contributed by atoms with van der Waals surface area (Å²) in [5.41, 5.74) is 4.99. The van der Waals surface area contributed by atoms with Crippen molar-refractivity contribution in [2.45, 2.75) is 103 Å². The maximum absolute atomic E-state index is 14.3. The molecule has 0 spiro atoms. The molecule has 1 aliphatic carbocycles. The second-order valence-corrected chi connectivity index (χ2v) is 15.3. The van der Waals surface area contributed by atoms with Crippen molar-refractivity contribution in [3.8, 4) is 0 Å². The van der Waals surface area contributed by atoms with Crippen molar-refractivity contribution in [3.05, 3.63) is 29.8 Å². The highest BCUT2D eigenvalue weighted by molar-refractivity contribution is 7.98. The third kappa shape index (κ3) is 9.56. The van der Waals surface area contributed by atoms with Crippen LogP contribution in [0.2, 0.25) is 0 Å². The molecule has 11 nitrogen and oxygen atoms in total. The first-order valence-electron chi connectivity index (χ1n) is 16.1. The summed E-state index contributed by atoms with van der Waals surface area (Å²) >= 11 is 1.56. The average Bonchev–Trinajstić information content (AvgIpc) is 3.69. The number of hydrogen-bond acceptors (Lipinski definition) is 7. The number of amides is 5. The number of hydrogen-bond donors (Lipinski definition) is 4. The Labute approximate surface area is 276 Å². The van der Waals surface area contributed by atoms with Crippen LogP contribution in [0.5, 0.6) is 0 Å². The summed E-state index contributed by atoms with van der Waals surface area (Å²) in [6.45, 7) is 13.5. The summed E-state index contributed by atoms with van der Waals surface area (Å²) in [5, 5.41) is 8.33. The van der Waals surface area contributed by atoms with E-state index in [9.17, 15) is 28.8 Å². The Morgan fingerprint density at radius 1 is 0.957 bits per heavy atom. The van der Waals surface area contributed by atoms with Gasteiger partial charge in [0.25, 0.3) is 5.91 Å². The van der Waals surface area contributed by atoms with Gasteiger partial charge in [0.1, 0.15) is 12.1 Å². The van der Waals surface area contributed by atoms with E-state index >= 15 is 0 Å². The number of carbonyl (C=O) groups is 6. The zero-order valence-corrected chi connectivity index (χ0v) is 29.2. The molecule has 0 bridgehead atoms. The van der Waals surface area contributed by atoms with Gasteiger partial charge in [-0.2, -0.15) is 0 Å². The lowest BCUT2D eigenvalue weighted by atomic mass is 9.85. The van der Waals surface area contributed by atoms with E-state index in [-0.39, 0.29) is 29.5 Å². The van der Waals surface area contributed by atoms with E-state index in [4.69, 9.17) is 5.73 Å². The lowest BCUT2D eigenvalue weighted by Crippen LogP contribution is -2.61. The first-order chi connectivity index (χ1) is 21.4. The minimum atomic E-state index is -1.11. The number of nitrogens with zero attached hydrogens (tertiary/aromatic N) is 1. The van der Waals surface area contributed by atoms with Gasteiger partial charge in [0.05, 0.1) is 12.1 Å². The molecule has 1 aromatic carbocycles. The number of thioether (sulfide) groups is 1. The van der Waals surface area contributed by atoms with Crippen LogP contribution in [0.3, 0.4) is 0 Å². The van der Waals surface area contributed by atoms with Gasteiger partial charge in [-0.3, -0.25) is 24.0 Å². The Hall–Kier alpha value is -3.41. The van der Waals surface area contributed by atoms with Gasteiger partial charge in [-0.05, 0) is 60.3 Å². The fourth-order valence-corrected chi connectivity index (χ4v) is 6.21. The molecule has 2 fully saturated rings. The molecule has 5 N–H and O–H groups in total. The smallest absolute Gasteiger partial charge is 0.316 e. The number of ketones is 2. The second kappa shape index (κ2) is 15.5.